The van der Waals surface area contributed by atoms with Gasteiger partial charge in [-0.25, -0.2) is 0 Å². The highest BCUT2D eigenvalue weighted by Crippen LogP contribution is 2.04. The molecule has 0 radical (unpaired) electrons. The molecule has 0 unspecified atom stereocenters. The summed E-state index contributed by atoms with van der Waals surface area (Å²) in [5, 5.41) is 2.87. The number of hydrogen-bond donors (Lipinski definition) is 2. The van der Waals surface area contributed by atoms with Crippen molar-refractivity contribution >= 4 is 23.1 Å². The summed E-state index contributed by atoms with van der Waals surface area (Å²) in [4.78, 5) is 16.3. The van der Waals surface area contributed by atoms with Gasteiger partial charge >= 0.3 is 0 Å². The predicted molar refractivity (Wildman–Crippen MR) is 82.6 cm³/mol. The van der Waals surface area contributed by atoms with Gasteiger partial charge in [-0.15, -0.1) is 0 Å². The van der Waals surface area contributed by atoms with Crippen molar-refractivity contribution in [2.75, 3.05) is 6.54 Å². The lowest BCUT2D eigenvalue weighted by molar-refractivity contribution is 0.0954. The molecule has 5 heteroatoms. The molecule has 4 nitrogen and oxygen atoms in total. The molecule has 0 atom stereocenters. The van der Waals surface area contributed by atoms with Crippen LogP contribution in [0.2, 0.25) is 0 Å². The van der Waals surface area contributed by atoms with Crippen LogP contribution < -0.4 is 11.1 Å². The SMILES string of the molecule is NC(=S)c1ccc(C(=O)NCCc2cccnc2)cc1. The first-order chi connectivity index (χ1) is 9.66. The van der Waals surface area contributed by atoms with Crippen LogP contribution in [0.3, 0.4) is 0 Å². The van der Waals surface area contributed by atoms with Crippen LogP contribution in [0, 0.1) is 0 Å². The number of hydrogen-bond acceptors (Lipinski definition) is 3. The lowest BCUT2D eigenvalue weighted by atomic mass is 10.1. The number of nitrogens with one attached hydrogen (secondary N) is 1. The van der Waals surface area contributed by atoms with Crippen LogP contribution in [0.4, 0.5) is 0 Å². The van der Waals surface area contributed by atoms with E-state index >= 15 is 0 Å². The molecule has 1 heterocycles. The quantitative estimate of drug-likeness (QED) is 0.820. The van der Waals surface area contributed by atoms with Gasteiger partial charge in [0.1, 0.15) is 4.99 Å². The molecule has 0 fully saturated rings. The molecule has 0 aliphatic carbocycles. The Morgan fingerprint density at radius 3 is 2.50 bits per heavy atom. The predicted octanol–water partition coefficient (Wildman–Crippen LogP) is 1.69. The van der Waals surface area contributed by atoms with Gasteiger partial charge in [0.2, 0.25) is 0 Å². The number of benzene rings is 1. The summed E-state index contributed by atoms with van der Waals surface area (Å²) in [5.74, 6) is -0.108. The van der Waals surface area contributed by atoms with Crippen LogP contribution in [0.15, 0.2) is 48.8 Å². The van der Waals surface area contributed by atoms with E-state index in [2.05, 4.69) is 10.3 Å². The molecule has 0 saturated heterocycles. The minimum Gasteiger partial charge on any atom is -0.389 e. The summed E-state index contributed by atoms with van der Waals surface area (Å²) in [5.41, 5.74) is 7.95. The molecular weight excluding hydrogens is 270 g/mol. The lowest BCUT2D eigenvalue weighted by Crippen LogP contribution is -2.25. The van der Waals surface area contributed by atoms with E-state index in [0.29, 0.717) is 17.1 Å². The Balaban J connectivity index is 1.87. The molecular formula is C15H15N3OS. The van der Waals surface area contributed by atoms with Gasteiger partial charge in [0, 0.05) is 30.1 Å². The number of aromatic nitrogens is 1. The number of carbonyl (C=O) groups excluding carboxylic acids is 1. The van der Waals surface area contributed by atoms with Crippen LogP contribution in [-0.2, 0) is 6.42 Å². The summed E-state index contributed by atoms with van der Waals surface area (Å²) in [6, 6.07) is 10.8. The second kappa shape index (κ2) is 6.77. The number of amides is 1. The van der Waals surface area contributed by atoms with Crippen molar-refractivity contribution in [3.8, 4) is 0 Å². The van der Waals surface area contributed by atoms with Crippen molar-refractivity contribution in [3.05, 3.63) is 65.5 Å². The molecule has 1 aromatic heterocycles. The maximum atomic E-state index is 11.9. The Kier molecular flexibility index (Phi) is 4.79. The van der Waals surface area contributed by atoms with E-state index in [4.69, 9.17) is 18.0 Å². The summed E-state index contributed by atoms with van der Waals surface area (Å²) in [6.07, 6.45) is 4.28. The van der Waals surface area contributed by atoms with Crippen molar-refractivity contribution in [2.24, 2.45) is 5.73 Å². The van der Waals surface area contributed by atoms with Gasteiger partial charge in [-0.3, -0.25) is 9.78 Å². The first-order valence-corrected chi connectivity index (χ1v) is 6.64. The average Bonchev–Trinajstić information content (AvgIpc) is 2.48. The standard InChI is InChI=1S/C15H15N3OS/c16-14(20)12-3-5-13(6-4-12)15(19)18-9-7-11-2-1-8-17-10-11/h1-6,8,10H,7,9H2,(H2,16,20)(H,18,19). The van der Waals surface area contributed by atoms with Crippen molar-refractivity contribution in [1.82, 2.24) is 10.3 Å². The van der Waals surface area contributed by atoms with Gasteiger partial charge in [-0.05, 0) is 30.2 Å². The summed E-state index contributed by atoms with van der Waals surface area (Å²) in [7, 11) is 0. The van der Waals surface area contributed by atoms with Crippen molar-refractivity contribution in [1.29, 1.82) is 0 Å². The fourth-order valence-electron chi connectivity index (χ4n) is 1.75. The highest BCUT2D eigenvalue weighted by atomic mass is 32.1. The monoisotopic (exact) mass is 285 g/mol. The van der Waals surface area contributed by atoms with E-state index in [-0.39, 0.29) is 5.91 Å². The number of nitrogens with two attached hydrogens (primary N) is 1. The fourth-order valence-corrected chi connectivity index (χ4v) is 1.89. The fraction of sp³-hybridized carbons (Fsp3) is 0.133. The smallest absolute Gasteiger partial charge is 0.251 e. The zero-order valence-electron chi connectivity index (χ0n) is 10.9. The lowest BCUT2D eigenvalue weighted by Gasteiger charge is -2.06. The van der Waals surface area contributed by atoms with E-state index in [0.717, 1.165) is 17.5 Å². The van der Waals surface area contributed by atoms with Crippen LogP contribution in [0.25, 0.3) is 0 Å². The Labute approximate surface area is 123 Å². The number of nitrogens with zero attached hydrogens (tertiary/aromatic N) is 1. The zero-order valence-corrected chi connectivity index (χ0v) is 11.7. The maximum Gasteiger partial charge on any atom is 0.251 e. The van der Waals surface area contributed by atoms with E-state index in [1.807, 2.05) is 12.1 Å². The number of carbonyl (C=O) groups is 1. The van der Waals surface area contributed by atoms with Crippen LogP contribution in [-0.4, -0.2) is 22.4 Å². The van der Waals surface area contributed by atoms with E-state index in [1.54, 1.807) is 36.7 Å². The van der Waals surface area contributed by atoms with Crippen molar-refractivity contribution in [3.63, 3.8) is 0 Å². The molecule has 2 aromatic rings. The number of thiocarbonyl (C=S) groups is 1. The van der Waals surface area contributed by atoms with Gasteiger partial charge in [0.05, 0.1) is 0 Å². The highest BCUT2D eigenvalue weighted by molar-refractivity contribution is 7.80. The Bertz CT molecular complexity index is 596. The third-order valence-electron chi connectivity index (χ3n) is 2.85. The van der Waals surface area contributed by atoms with E-state index in [9.17, 15) is 4.79 Å². The van der Waals surface area contributed by atoms with Gasteiger partial charge in [0.15, 0.2) is 0 Å². The molecule has 0 saturated carbocycles. The van der Waals surface area contributed by atoms with E-state index in [1.165, 1.54) is 0 Å². The van der Waals surface area contributed by atoms with Crippen LogP contribution in [0.1, 0.15) is 21.5 Å². The van der Waals surface area contributed by atoms with Crippen molar-refractivity contribution < 1.29 is 4.79 Å². The molecule has 1 aromatic carbocycles. The maximum absolute atomic E-state index is 11.9. The third kappa shape index (κ3) is 3.86. The molecule has 102 valence electrons. The van der Waals surface area contributed by atoms with Gasteiger partial charge in [-0.1, -0.05) is 30.4 Å². The summed E-state index contributed by atoms with van der Waals surface area (Å²) < 4.78 is 0. The van der Waals surface area contributed by atoms with Gasteiger partial charge in [-0.2, -0.15) is 0 Å². The molecule has 0 aliphatic rings. The molecule has 0 aliphatic heterocycles. The molecule has 1 amide bonds. The van der Waals surface area contributed by atoms with Crippen LogP contribution in [0.5, 0.6) is 0 Å². The number of rotatable bonds is 5. The molecule has 2 rings (SSSR count). The summed E-state index contributed by atoms with van der Waals surface area (Å²) in [6.45, 7) is 0.571. The second-order valence-electron chi connectivity index (χ2n) is 4.31. The largest absolute Gasteiger partial charge is 0.389 e. The normalized spacial score (nSPS) is 10.0. The van der Waals surface area contributed by atoms with E-state index < -0.39 is 0 Å². The van der Waals surface area contributed by atoms with Crippen molar-refractivity contribution in [2.45, 2.75) is 6.42 Å². The van der Waals surface area contributed by atoms with Gasteiger partial charge in [0.25, 0.3) is 5.91 Å². The first-order valence-electron chi connectivity index (χ1n) is 6.24. The minimum atomic E-state index is -0.108. The number of pyridine rings is 1. The second-order valence-corrected chi connectivity index (χ2v) is 4.75. The average molecular weight is 285 g/mol. The zero-order chi connectivity index (χ0) is 14.4. The third-order valence-corrected chi connectivity index (χ3v) is 3.09. The molecule has 20 heavy (non-hydrogen) atoms. The summed E-state index contributed by atoms with van der Waals surface area (Å²) >= 11 is 4.87. The molecule has 0 bridgehead atoms. The topological polar surface area (TPSA) is 68.0 Å². The Morgan fingerprint density at radius 1 is 1.20 bits per heavy atom. The van der Waals surface area contributed by atoms with Gasteiger partial charge < -0.3 is 11.1 Å². The Morgan fingerprint density at radius 2 is 1.90 bits per heavy atom. The minimum absolute atomic E-state index is 0.108. The van der Waals surface area contributed by atoms with Crippen LogP contribution >= 0.6 is 12.2 Å². The Hall–Kier alpha value is -2.27. The molecule has 3 N–H and O–H groups in total. The highest BCUT2D eigenvalue weighted by Gasteiger charge is 2.05. The molecule has 0 spiro atoms. The first kappa shape index (κ1) is 14.1.